The lowest BCUT2D eigenvalue weighted by Crippen LogP contribution is -2.32. The van der Waals surface area contributed by atoms with Crippen molar-refractivity contribution in [3.05, 3.63) is 107 Å². The zero-order valence-corrected chi connectivity index (χ0v) is 24.0. The molecular formula is C31H31N9O3. The lowest BCUT2D eigenvalue weighted by molar-refractivity contribution is -0.116. The summed E-state index contributed by atoms with van der Waals surface area (Å²) in [7, 11) is 5.68. The van der Waals surface area contributed by atoms with E-state index in [1.54, 1.807) is 54.7 Å². The number of benzene rings is 1. The fraction of sp³-hybridized carbons (Fsp3) is 0.161. The molecule has 0 atom stereocenters. The average Bonchev–Trinajstić information content (AvgIpc) is 3.34. The number of rotatable bonds is 9. The fourth-order valence-electron chi connectivity index (χ4n) is 4.62. The molecule has 43 heavy (non-hydrogen) atoms. The van der Waals surface area contributed by atoms with Crippen molar-refractivity contribution in [2.24, 2.45) is 7.05 Å². The van der Waals surface area contributed by atoms with E-state index in [0.29, 0.717) is 34.8 Å². The quantitative estimate of drug-likeness (QED) is 0.226. The van der Waals surface area contributed by atoms with Crippen molar-refractivity contribution in [2.45, 2.75) is 6.54 Å². The van der Waals surface area contributed by atoms with Gasteiger partial charge >= 0.3 is 0 Å². The molecule has 0 unspecified atom stereocenters. The van der Waals surface area contributed by atoms with Gasteiger partial charge in [0.2, 0.25) is 5.91 Å². The van der Waals surface area contributed by atoms with Gasteiger partial charge in [-0.1, -0.05) is 24.3 Å². The van der Waals surface area contributed by atoms with Crippen LogP contribution < -0.4 is 21.9 Å². The van der Waals surface area contributed by atoms with Gasteiger partial charge in [0.1, 0.15) is 29.2 Å². The van der Waals surface area contributed by atoms with Gasteiger partial charge in [-0.25, -0.2) is 15.0 Å². The standard InChI is InChI=1S/C31H31N9O3/c1-38(2)15-7-10-26(41)34-17-22-12-13-23(31(43)40(22)21-8-5-4-6-9-21)30(42)37-25-14-11-20(16-33-25)24-18-39(3)29-27(24)28(32)35-19-36-29/h4-14,16,18-19H,15,17H2,1-3H3,(H,34,41)(H2,32,35,36)(H,33,37,42)/b10-7+. The second kappa shape index (κ2) is 12.5. The maximum absolute atomic E-state index is 13.6. The van der Waals surface area contributed by atoms with Crippen LogP contribution in [0.5, 0.6) is 0 Å². The number of fused-ring (bicyclic) bond motifs is 1. The van der Waals surface area contributed by atoms with Crippen molar-refractivity contribution in [2.75, 3.05) is 31.7 Å². The first-order valence-electron chi connectivity index (χ1n) is 13.5. The third-order valence-corrected chi connectivity index (χ3v) is 6.70. The maximum Gasteiger partial charge on any atom is 0.268 e. The predicted octanol–water partition coefficient (Wildman–Crippen LogP) is 2.75. The minimum atomic E-state index is -0.611. The molecule has 4 heterocycles. The normalized spacial score (nSPS) is 11.3. The number of likely N-dealkylation sites (N-methyl/N-ethyl adjacent to an activating group) is 1. The number of hydrogen-bond donors (Lipinski definition) is 3. The van der Waals surface area contributed by atoms with Gasteiger partial charge < -0.3 is 25.8 Å². The number of nitrogen functional groups attached to an aromatic ring is 1. The van der Waals surface area contributed by atoms with Crippen LogP contribution in [0, 0.1) is 0 Å². The molecule has 2 amide bonds. The molecule has 4 aromatic heterocycles. The molecule has 12 nitrogen and oxygen atoms in total. The highest BCUT2D eigenvalue weighted by Crippen LogP contribution is 2.32. The highest BCUT2D eigenvalue weighted by molar-refractivity contribution is 6.04. The first-order chi connectivity index (χ1) is 20.7. The number of pyridine rings is 2. The Morgan fingerprint density at radius 2 is 1.81 bits per heavy atom. The molecule has 12 heteroatoms. The Labute approximate surface area is 247 Å². The number of carbonyl (C=O) groups is 2. The van der Waals surface area contributed by atoms with Crippen LogP contribution in [0.1, 0.15) is 16.1 Å². The number of hydrogen-bond acceptors (Lipinski definition) is 8. The van der Waals surface area contributed by atoms with Crippen molar-refractivity contribution in [3.63, 3.8) is 0 Å². The fourth-order valence-corrected chi connectivity index (χ4v) is 4.62. The zero-order chi connectivity index (χ0) is 30.5. The molecule has 4 N–H and O–H groups in total. The molecule has 5 rings (SSSR count). The molecule has 0 aliphatic rings. The molecule has 218 valence electrons. The highest BCUT2D eigenvalue weighted by atomic mass is 16.2. The summed E-state index contributed by atoms with van der Waals surface area (Å²) >= 11 is 0. The Morgan fingerprint density at radius 1 is 1.02 bits per heavy atom. The van der Waals surface area contributed by atoms with E-state index in [-0.39, 0.29) is 23.8 Å². The summed E-state index contributed by atoms with van der Waals surface area (Å²) in [5.74, 6) is -0.273. The lowest BCUT2D eigenvalue weighted by Gasteiger charge is -2.15. The summed E-state index contributed by atoms with van der Waals surface area (Å²) in [5.41, 5.74) is 8.86. The van der Waals surface area contributed by atoms with Gasteiger partial charge in [0.05, 0.1) is 11.9 Å². The molecule has 0 fully saturated rings. The minimum absolute atomic E-state index is 0.0744. The van der Waals surface area contributed by atoms with E-state index in [2.05, 4.69) is 25.6 Å². The summed E-state index contributed by atoms with van der Waals surface area (Å²) in [6.45, 7) is 0.709. The Morgan fingerprint density at radius 3 is 2.53 bits per heavy atom. The van der Waals surface area contributed by atoms with Gasteiger partial charge in [0.25, 0.3) is 11.5 Å². The first kappa shape index (κ1) is 28.9. The van der Waals surface area contributed by atoms with E-state index in [9.17, 15) is 14.4 Å². The average molecular weight is 578 g/mol. The van der Waals surface area contributed by atoms with Gasteiger partial charge in [-0.3, -0.25) is 19.0 Å². The third-order valence-electron chi connectivity index (χ3n) is 6.70. The van der Waals surface area contributed by atoms with E-state index in [1.165, 1.54) is 23.0 Å². The van der Waals surface area contributed by atoms with Crippen LogP contribution in [0.2, 0.25) is 0 Å². The van der Waals surface area contributed by atoms with E-state index in [4.69, 9.17) is 5.73 Å². The van der Waals surface area contributed by atoms with Crippen molar-refractivity contribution in [1.82, 2.24) is 34.3 Å². The second-order valence-corrected chi connectivity index (χ2v) is 10.1. The predicted molar refractivity (Wildman–Crippen MR) is 166 cm³/mol. The molecule has 1 aromatic carbocycles. The monoisotopic (exact) mass is 577 g/mol. The van der Waals surface area contributed by atoms with Crippen LogP contribution in [-0.4, -0.2) is 61.4 Å². The Balaban J connectivity index is 1.38. The van der Waals surface area contributed by atoms with E-state index in [1.807, 2.05) is 42.9 Å². The Hall–Kier alpha value is -5.62. The zero-order valence-electron chi connectivity index (χ0n) is 24.0. The van der Waals surface area contributed by atoms with Gasteiger partial charge in [-0.05, 0) is 50.5 Å². The number of aryl methyl sites for hydroxylation is 1. The number of para-hydroxylation sites is 1. The second-order valence-electron chi connectivity index (χ2n) is 10.1. The maximum atomic E-state index is 13.6. The van der Waals surface area contributed by atoms with E-state index in [0.717, 1.165) is 11.1 Å². The van der Waals surface area contributed by atoms with Gasteiger partial charge in [-0.15, -0.1) is 0 Å². The number of anilines is 2. The molecule has 5 aromatic rings. The van der Waals surface area contributed by atoms with Crippen LogP contribution in [0.15, 0.2) is 90.3 Å². The molecular weight excluding hydrogens is 546 g/mol. The molecule has 0 saturated carbocycles. The van der Waals surface area contributed by atoms with Crippen molar-refractivity contribution in [3.8, 4) is 16.8 Å². The lowest BCUT2D eigenvalue weighted by atomic mass is 10.1. The van der Waals surface area contributed by atoms with Crippen LogP contribution in [0.25, 0.3) is 27.8 Å². The van der Waals surface area contributed by atoms with E-state index >= 15 is 0 Å². The Kier molecular flexibility index (Phi) is 8.39. The summed E-state index contributed by atoms with van der Waals surface area (Å²) < 4.78 is 3.27. The highest BCUT2D eigenvalue weighted by Gasteiger charge is 2.18. The van der Waals surface area contributed by atoms with Crippen molar-refractivity contribution in [1.29, 1.82) is 0 Å². The largest absolute Gasteiger partial charge is 0.383 e. The molecule has 0 saturated heterocycles. The summed E-state index contributed by atoms with van der Waals surface area (Å²) in [6.07, 6.45) is 8.12. The van der Waals surface area contributed by atoms with Gasteiger partial charge in [0.15, 0.2) is 0 Å². The number of nitrogens with two attached hydrogens (primary N) is 1. The topological polar surface area (TPSA) is 153 Å². The van der Waals surface area contributed by atoms with Crippen LogP contribution in [0.4, 0.5) is 11.6 Å². The van der Waals surface area contributed by atoms with Crippen LogP contribution in [-0.2, 0) is 18.4 Å². The number of nitrogens with zero attached hydrogens (tertiary/aromatic N) is 6. The minimum Gasteiger partial charge on any atom is -0.383 e. The molecule has 0 aliphatic carbocycles. The molecule has 0 aliphatic heterocycles. The summed E-state index contributed by atoms with van der Waals surface area (Å²) in [5, 5.41) is 6.23. The van der Waals surface area contributed by atoms with E-state index < -0.39 is 11.5 Å². The van der Waals surface area contributed by atoms with Gasteiger partial charge in [-0.2, -0.15) is 0 Å². The first-order valence-corrected chi connectivity index (χ1v) is 13.5. The SMILES string of the molecule is CN(C)C/C=C/C(=O)NCc1ccc(C(=O)Nc2ccc(-c3cn(C)c4ncnc(N)c34)cn2)c(=O)n1-c1ccccc1. The third kappa shape index (κ3) is 6.34. The molecule has 0 radical (unpaired) electrons. The number of carbonyl (C=O) groups excluding carboxylic acids is 2. The molecule has 0 bridgehead atoms. The number of aromatic nitrogens is 5. The van der Waals surface area contributed by atoms with Gasteiger partial charge in [0, 0.05) is 54.6 Å². The van der Waals surface area contributed by atoms with Crippen LogP contribution in [0.3, 0.4) is 0 Å². The Bertz CT molecular complexity index is 1880. The number of amides is 2. The number of nitrogens with one attached hydrogen (secondary N) is 2. The summed E-state index contributed by atoms with van der Waals surface area (Å²) in [6, 6.07) is 15.5. The summed E-state index contributed by atoms with van der Waals surface area (Å²) in [4.78, 5) is 53.9. The molecule has 0 spiro atoms. The van der Waals surface area contributed by atoms with Crippen LogP contribution >= 0.6 is 0 Å². The van der Waals surface area contributed by atoms with Crippen molar-refractivity contribution < 1.29 is 9.59 Å². The smallest absolute Gasteiger partial charge is 0.268 e. The van der Waals surface area contributed by atoms with Crippen molar-refractivity contribution >= 4 is 34.5 Å².